The molecule has 0 spiro atoms. The van der Waals surface area contributed by atoms with E-state index >= 15 is 0 Å². The fourth-order valence-electron chi connectivity index (χ4n) is 5.55. The number of nitrogens with one attached hydrogen (secondary N) is 1. The average Bonchev–Trinajstić information content (AvgIpc) is 3.00. The highest BCUT2D eigenvalue weighted by Crippen LogP contribution is 2.24. The Kier molecular flexibility index (Phi) is 10.5. The van der Waals surface area contributed by atoms with E-state index in [1.165, 1.54) is 35.4 Å². The fraction of sp³-hybridized carbons (Fsp3) is 0.516. The Morgan fingerprint density at radius 3 is 2.10 bits per heavy atom. The molecular weight excluding hydrogens is 549 g/mol. The number of nitrogens with zero attached hydrogens (tertiary/aromatic N) is 3. The van der Waals surface area contributed by atoms with Crippen molar-refractivity contribution in [2.45, 2.75) is 64.6 Å². The van der Waals surface area contributed by atoms with E-state index in [0.717, 1.165) is 37.7 Å². The molecule has 1 atom stereocenters. The van der Waals surface area contributed by atoms with Crippen LogP contribution < -0.4 is 10.2 Å². The van der Waals surface area contributed by atoms with Crippen molar-refractivity contribution in [2.24, 2.45) is 0 Å². The molecule has 228 valence electrons. The monoisotopic (exact) mass is 588 g/mol. The van der Waals surface area contributed by atoms with Crippen LogP contribution in [0.25, 0.3) is 0 Å². The molecule has 2 aromatic rings. The third-order valence-corrected chi connectivity index (χ3v) is 7.93. The second kappa shape index (κ2) is 14.0. The van der Waals surface area contributed by atoms with Crippen molar-refractivity contribution in [2.75, 3.05) is 44.2 Å². The molecule has 2 fully saturated rings. The molecule has 1 N–H and O–H groups in total. The predicted octanol–water partition coefficient (Wildman–Crippen LogP) is 4.94. The second-order valence-electron chi connectivity index (χ2n) is 10.8. The second-order valence-corrected chi connectivity index (χ2v) is 10.8. The lowest BCUT2D eigenvalue weighted by Crippen LogP contribution is -2.56. The van der Waals surface area contributed by atoms with Gasteiger partial charge in [0.1, 0.15) is 6.04 Å². The lowest BCUT2D eigenvalue weighted by molar-refractivity contribution is -0.135. The van der Waals surface area contributed by atoms with Gasteiger partial charge in [-0.2, -0.15) is 13.2 Å². The van der Waals surface area contributed by atoms with E-state index in [0.29, 0.717) is 51.4 Å². The first-order valence-electron chi connectivity index (χ1n) is 14.7. The highest BCUT2D eigenvalue weighted by atomic mass is 19.4. The molecule has 0 bridgehead atoms. The minimum absolute atomic E-state index is 0.214. The molecule has 0 saturated carbocycles. The Balaban J connectivity index is 1.43. The third kappa shape index (κ3) is 8.02. The van der Waals surface area contributed by atoms with Crippen molar-refractivity contribution in [3.05, 3.63) is 64.7 Å². The molecule has 0 unspecified atom stereocenters. The minimum Gasteiger partial charge on any atom is -0.368 e. The largest absolute Gasteiger partial charge is 0.454 e. The van der Waals surface area contributed by atoms with E-state index in [9.17, 15) is 27.6 Å². The maximum atomic E-state index is 13.7. The average molecular weight is 589 g/mol. The molecular formula is C31H39F3N4O4. The van der Waals surface area contributed by atoms with Crippen molar-refractivity contribution in [3.63, 3.8) is 0 Å². The van der Waals surface area contributed by atoms with Crippen molar-refractivity contribution in [1.82, 2.24) is 15.3 Å². The summed E-state index contributed by atoms with van der Waals surface area (Å²) in [5.41, 5.74) is 3.68. The number of halogens is 3. The van der Waals surface area contributed by atoms with Gasteiger partial charge in [-0.3, -0.25) is 9.59 Å². The van der Waals surface area contributed by atoms with Crippen LogP contribution in [0, 0.1) is 0 Å². The molecule has 4 rings (SSSR count). The van der Waals surface area contributed by atoms with Gasteiger partial charge in [0.15, 0.2) is 0 Å². The lowest BCUT2D eigenvalue weighted by Gasteiger charge is -2.37. The van der Waals surface area contributed by atoms with Crippen LogP contribution in [0.1, 0.15) is 60.2 Å². The number of hydroxylamine groups is 2. The number of hydrogen-bond donors (Lipinski definition) is 1. The van der Waals surface area contributed by atoms with Gasteiger partial charge in [0.25, 0.3) is 5.78 Å². The summed E-state index contributed by atoms with van der Waals surface area (Å²) in [6.45, 7) is 7.18. The van der Waals surface area contributed by atoms with Gasteiger partial charge in [0, 0.05) is 56.9 Å². The first kappa shape index (κ1) is 31.3. The number of benzene rings is 2. The number of amides is 2. The van der Waals surface area contributed by atoms with Crippen LogP contribution in [-0.2, 0) is 28.9 Å². The first-order chi connectivity index (χ1) is 20.1. The zero-order chi connectivity index (χ0) is 30.3. The molecule has 2 heterocycles. The van der Waals surface area contributed by atoms with Crippen LogP contribution in [0.5, 0.6) is 0 Å². The normalized spacial score (nSPS) is 17.1. The lowest BCUT2D eigenvalue weighted by atomic mass is 9.96. The number of anilines is 1. The summed E-state index contributed by atoms with van der Waals surface area (Å²) in [4.78, 5) is 47.3. The van der Waals surface area contributed by atoms with Crippen LogP contribution in [0.3, 0.4) is 0 Å². The fourth-order valence-corrected chi connectivity index (χ4v) is 5.55. The highest BCUT2D eigenvalue weighted by molar-refractivity contribution is 6.00. The Bertz CT molecular complexity index is 1240. The quantitative estimate of drug-likeness (QED) is 0.418. The summed E-state index contributed by atoms with van der Waals surface area (Å²) in [6, 6.07) is 10.7. The molecule has 0 radical (unpaired) electrons. The molecule has 42 heavy (non-hydrogen) atoms. The summed E-state index contributed by atoms with van der Waals surface area (Å²) in [5.74, 6) is -2.09. The molecule has 0 aromatic heterocycles. The Morgan fingerprint density at radius 2 is 1.50 bits per heavy atom. The van der Waals surface area contributed by atoms with Crippen LogP contribution in [-0.4, -0.2) is 79.2 Å². The van der Waals surface area contributed by atoms with E-state index in [-0.39, 0.29) is 5.91 Å². The summed E-state index contributed by atoms with van der Waals surface area (Å²) < 4.78 is 38.2. The Hall–Kier alpha value is -3.60. The van der Waals surface area contributed by atoms with Gasteiger partial charge >= 0.3 is 12.3 Å². The summed E-state index contributed by atoms with van der Waals surface area (Å²) in [5, 5.41) is 4.45. The molecule has 0 aliphatic carbocycles. The minimum atomic E-state index is -4.92. The van der Waals surface area contributed by atoms with Crippen LogP contribution in [0.2, 0.25) is 0 Å². The Morgan fingerprint density at radius 1 is 0.857 bits per heavy atom. The number of ketones is 1. The number of alkyl halides is 3. The van der Waals surface area contributed by atoms with Gasteiger partial charge in [-0.15, -0.1) is 5.06 Å². The maximum absolute atomic E-state index is 13.7. The van der Waals surface area contributed by atoms with Crippen molar-refractivity contribution >= 4 is 23.5 Å². The number of piperidine rings is 1. The topological polar surface area (TPSA) is 82.2 Å². The van der Waals surface area contributed by atoms with Gasteiger partial charge < -0.3 is 20.0 Å². The zero-order valence-corrected chi connectivity index (χ0v) is 24.2. The number of Topliss-reactive ketones (excluding diaryl/α,β-unsaturated/α-hetero) is 1. The molecule has 2 aliphatic rings. The smallest absolute Gasteiger partial charge is 0.368 e. The number of carbonyl (C=O) groups is 3. The summed E-state index contributed by atoms with van der Waals surface area (Å²) in [7, 11) is 0. The SMILES string of the molecule is CCc1ccc(C[C@@H](NC(=O)ON2CCCCC2)C(=O)N2CCN(c3ccc(C(=O)C(F)(F)F)cc3)CC2)cc1CC. The standard InChI is InChI=1S/C31H39F3N4O4/c1-3-23-9-8-22(20-24(23)4-2)21-27(35-30(41)42-38-14-6-5-7-15-38)29(40)37-18-16-36(17-19-37)26-12-10-25(11-13-26)28(39)31(32,33)34/h8-13,20,27H,3-7,14-19,21H2,1-2H3,(H,35,41)/t27-/m1/s1. The van der Waals surface area contributed by atoms with E-state index in [1.807, 2.05) is 11.0 Å². The summed E-state index contributed by atoms with van der Waals surface area (Å²) in [6.07, 6.45) is -0.476. The Labute approximate surface area is 244 Å². The number of carbonyl (C=O) groups excluding carboxylic acids is 3. The van der Waals surface area contributed by atoms with Gasteiger partial charge in [0.2, 0.25) is 5.91 Å². The molecule has 8 nitrogen and oxygen atoms in total. The third-order valence-electron chi connectivity index (χ3n) is 7.93. The van der Waals surface area contributed by atoms with E-state index in [4.69, 9.17) is 4.84 Å². The molecule has 2 aromatic carbocycles. The van der Waals surface area contributed by atoms with Crippen LogP contribution in [0.4, 0.5) is 23.7 Å². The number of rotatable bonds is 9. The molecule has 2 amide bonds. The number of hydrogen-bond acceptors (Lipinski definition) is 6. The maximum Gasteiger partial charge on any atom is 0.454 e. The highest BCUT2D eigenvalue weighted by Gasteiger charge is 2.39. The van der Waals surface area contributed by atoms with E-state index in [2.05, 4.69) is 31.3 Å². The molecule has 2 saturated heterocycles. The van der Waals surface area contributed by atoms with E-state index < -0.39 is 29.7 Å². The van der Waals surface area contributed by atoms with Gasteiger partial charge in [-0.25, -0.2) is 4.79 Å². The summed E-state index contributed by atoms with van der Waals surface area (Å²) >= 11 is 0. The molecule has 2 aliphatic heterocycles. The van der Waals surface area contributed by atoms with Crippen molar-refractivity contribution < 1.29 is 32.4 Å². The van der Waals surface area contributed by atoms with Crippen molar-refractivity contribution in [3.8, 4) is 0 Å². The molecule has 11 heteroatoms. The zero-order valence-electron chi connectivity index (χ0n) is 24.2. The van der Waals surface area contributed by atoms with Crippen LogP contribution in [0.15, 0.2) is 42.5 Å². The van der Waals surface area contributed by atoms with E-state index in [1.54, 1.807) is 9.96 Å². The van der Waals surface area contributed by atoms with Gasteiger partial charge in [0.05, 0.1) is 0 Å². The number of piperazine rings is 1. The number of aryl methyl sites for hydroxylation is 2. The predicted molar refractivity (Wildman–Crippen MR) is 153 cm³/mol. The van der Waals surface area contributed by atoms with Gasteiger partial charge in [-0.05, 0) is 66.6 Å². The van der Waals surface area contributed by atoms with Gasteiger partial charge in [-0.1, -0.05) is 38.5 Å². The van der Waals surface area contributed by atoms with Crippen molar-refractivity contribution in [1.29, 1.82) is 0 Å². The van der Waals surface area contributed by atoms with Crippen LogP contribution >= 0.6 is 0 Å². The first-order valence-corrected chi connectivity index (χ1v) is 14.7.